The fraction of sp³-hybridized carbons (Fsp3) is 0.0588. The van der Waals surface area contributed by atoms with Crippen LogP contribution in [0, 0.1) is 11.3 Å². The Hall–Kier alpha value is -3.06. The molecule has 0 aromatic heterocycles. The first-order chi connectivity index (χ1) is 10.2. The lowest BCUT2D eigenvalue weighted by Gasteiger charge is -2.01. The molecule has 21 heavy (non-hydrogen) atoms. The van der Waals surface area contributed by atoms with Crippen molar-refractivity contribution in [3.8, 4) is 17.6 Å². The van der Waals surface area contributed by atoms with Crippen molar-refractivity contribution in [1.82, 2.24) is 0 Å². The Labute approximate surface area is 122 Å². The molecule has 0 heterocycles. The molecule has 1 N–H and O–H groups in total. The van der Waals surface area contributed by atoms with Crippen LogP contribution < -0.4 is 4.74 Å². The van der Waals surface area contributed by atoms with Crippen molar-refractivity contribution in [2.75, 3.05) is 6.61 Å². The molecule has 104 valence electrons. The van der Waals surface area contributed by atoms with Gasteiger partial charge in [-0.2, -0.15) is 5.26 Å². The van der Waals surface area contributed by atoms with Gasteiger partial charge >= 0.3 is 0 Å². The summed E-state index contributed by atoms with van der Waals surface area (Å²) in [5, 5.41) is 17.6. The minimum absolute atomic E-state index is 0.00846. The molecule has 0 amide bonds. The number of hydrogen-bond donors (Lipinski definition) is 1. The molecule has 0 radical (unpaired) electrons. The predicted molar refractivity (Wildman–Crippen MR) is 79.0 cm³/mol. The standard InChI is InChI=1S/C17H13NO3/c18-11-12-21-16-8-1-13(2-9-16)3-10-17(20)14-4-6-15(19)7-5-14/h1-10,19H,12H2/b10-3+. The molecule has 0 unspecified atom stereocenters. The second-order valence-corrected chi connectivity index (χ2v) is 4.26. The monoisotopic (exact) mass is 279 g/mol. The lowest BCUT2D eigenvalue weighted by Crippen LogP contribution is -1.93. The summed E-state index contributed by atoms with van der Waals surface area (Å²) in [4.78, 5) is 11.9. The van der Waals surface area contributed by atoms with E-state index in [1.54, 1.807) is 42.5 Å². The molecule has 0 aliphatic rings. The molecule has 0 aliphatic carbocycles. The Morgan fingerprint density at radius 3 is 2.43 bits per heavy atom. The summed E-state index contributed by atoms with van der Waals surface area (Å²) in [6.45, 7) is 0.00846. The highest BCUT2D eigenvalue weighted by Gasteiger charge is 2.01. The first-order valence-electron chi connectivity index (χ1n) is 6.30. The summed E-state index contributed by atoms with van der Waals surface area (Å²) in [7, 11) is 0. The van der Waals surface area contributed by atoms with E-state index in [0.29, 0.717) is 11.3 Å². The number of allylic oxidation sites excluding steroid dienone is 1. The van der Waals surface area contributed by atoms with Gasteiger partial charge in [0.25, 0.3) is 0 Å². The molecule has 4 heteroatoms. The number of carbonyl (C=O) groups excluding carboxylic acids is 1. The van der Waals surface area contributed by atoms with Crippen molar-refractivity contribution >= 4 is 11.9 Å². The quantitative estimate of drug-likeness (QED) is 0.674. The van der Waals surface area contributed by atoms with Gasteiger partial charge in [-0.3, -0.25) is 4.79 Å². The summed E-state index contributed by atoms with van der Waals surface area (Å²) in [6.07, 6.45) is 3.17. The van der Waals surface area contributed by atoms with Gasteiger partial charge in [0.05, 0.1) is 0 Å². The first kappa shape index (κ1) is 14.4. The smallest absolute Gasteiger partial charge is 0.185 e. The van der Waals surface area contributed by atoms with Crippen LogP contribution in [0.5, 0.6) is 11.5 Å². The van der Waals surface area contributed by atoms with Crippen LogP contribution in [-0.4, -0.2) is 17.5 Å². The molecule has 0 spiro atoms. The summed E-state index contributed by atoms with van der Waals surface area (Å²) in [5.41, 5.74) is 1.37. The van der Waals surface area contributed by atoms with Gasteiger partial charge in [0.1, 0.15) is 17.6 Å². The third-order valence-electron chi connectivity index (χ3n) is 2.76. The second kappa shape index (κ2) is 6.92. The van der Waals surface area contributed by atoms with Gasteiger partial charge in [0, 0.05) is 5.56 Å². The fourth-order valence-corrected chi connectivity index (χ4v) is 1.68. The molecule has 0 saturated heterocycles. The summed E-state index contributed by atoms with van der Waals surface area (Å²) in [5.74, 6) is 0.599. The Morgan fingerprint density at radius 2 is 1.81 bits per heavy atom. The predicted octanol–water partition coefficient (Wildman–Crippen LogP) is 3.19. The number of rotatable bonds is 5. The van der Waals surface area contributed by atoms with E-state index in [2.05, 4.69) is 0 Å². The Balaban J connectivity index is 2.02. The minimum Gasteiger partial charge on any atom is -0.508 e. The van der Waals surface area contributed by atoms with Crippen LogP contribution in [0.1, 0.15) is 15.9 Å². The number of nitriles is 1. The third kappa shape index (κ3) is 4.22. The van der Waals surface area contributed by atoms with E-state index < -0.39 is 0 Å². The van der Waals surface area contributed by atoms with Crippen molar-refractivity contribution < 1.29 is 14.6 Å². The number of ketones is 1. The minimum atomic E-state index is -0.139. The first-order valence-corrected chi connectivity index (χ1v) is 6.30. The van der Waals surface area contributed by atoms with Crippen LogP contribution >= 0.6 is 0 Å². The van der Waals surface area contributed by atoms with Gasteiger partial charge in [-0.1, -0.05) is 18.2 Å². The van der Waals surface area contributed by atoms with Crippen molar-refractivity contribution in [3.05, 3.63) is 65.7 Å². The number of hydrogen-bond acceptors (Lipinski definition) is 4. The number of phenolic OH excluding ortho intramolecular Hbond substituents is 1. The zero-order valence-corrected chi connectivity index (χ0v) is 11.2. The molecule has 0 bridgehead atoms. The van der Waals surface area contributed by atoms with Gasteiger partial charge in [0.15, 0.2) is 12.4 Å². The highest BCUT2D eigenvalue weighted by molar-refractivity contribution is 6.06. The van der Waals surface area contributed by atoms with Gasteiger partial charge in [-0.05, 0) is 48.0 Å². The van der Waals surface area contributed by atoms with Crippen molar-refractivity contribution in [1.29, 1.82) is 5.26 Å². The van der Waals surface area contributed by atoms with Crippen LogP contribution in [-0.2, 0) is 0 Å². The molecule has 2 aromatic rings. The fourth-order valence-electron chi connectivity index (χ4n) is 1.68. The van der Waals surface area contributed by atoms with Gasteiger partial charge < -0.3 is 9.84 Å². The van der Waals surface area contributed by atoms with E-state index in [-0.39, 0.29) is 18.1 Å². The van der Waals surface area contributed by atoms with E-state index in [9.17, 15) is 9.90 Å². The van der Waals surface area contributed by atoms with Crippen LogP contribution in [0.2, 0.25) is 0 Å². The number of phenols is 1. The molecule has 4 nitrogen and oxygen atoms in total. The van der Waals surface area contributed by atoms with E-state index >= 15 is 0 Å². The average Bonchev–Trinajstić information content (AvgIpc) is 2.52. The third-order valence-corrected chi connectivity index (χ3v) is 2.76. The number of benzene rings is 2. The number of ether oxygens (including phenoxy) is 1. The van der Waals surface area contributed by atoms with E-state index in [4.69, 9.17) is 10.00 Å². The number of carbonyl (C=O) groups is 1. The summed E-state index contributed by atoms with van der Waals surface area (Å²) >= 11 is 0. The molecule has 0 saturated carbocycles. The van der Waals surface area contributed by atoms with Crippen molar-refractivity contribution in [2.45, 2.75) is 0 Å². The van der Waals surface area contributed by atoms with Gasteiger partial charge in [0.2, 0.25) is 0 Å². The van der Waals surface area contributed by atoms with Crippen LogP contribution in [0.25, 0.3) is 6.08 Å². The van der Waals surface area contributed by atoms with Crippen molar-refractivity contribution in [3.63, 3.8) is 0 Å². The highest BCUT2D eigenvalue weighted by atomic mass is 16.5. The maximum Gasteiger partial charge on any atom is 0.185 e. The van der Waals surface area contributed by atoms with Gasteiger partial charge in [-0.15, -0.1) is 0 Å². The zero-order chi connectivity index (χ0) is 15.1. The maximum absolute atomic E-state index is 11.9. The maximum atomic E-state index is 11.9. The molecule has 2 aromatic carbocycles. The summed E-state index contributed by atoms with van der Waals surface area (Å²) < 4.78 is 5.14. The number of aromatic hydroxyl groups is 1. The van der Waals surface area contributed by atoms with Crippen LogP contribution in [0.4, 0.5) is 0 Å². The summed E-state index contributed by atoms with van der Waals surface area (Å²) in [6, 6.07) is 15.1. The van der Waals surface area contributed by atoms with E-state index in [0.717, 1.165) is 5.56 Å². The Kier molecular flexibility index (Phi) is 4.73. The van der Waals surface area contributed by atoms with E-state index in [1.807, 2.05) is 6.07 Å². The molecule has 0 fully saturated rings. The number of nitrogens with zero attached hydrogens (tertiary/aromatic N) is 1. The van der Waals surface area contributed by atoms with Gasteiger partial charge in [-0.25, -0.2) is 0 Å². The molecule has 0 aliphatic heterocycles. The molecule has 2 rings (SSSR count). The Morgan fingerprint density at radius 1 is 1.14 bits per heavy atom. The van der Waals surface area contributed by atoms with Crippen LogP contribution in [0.3, 0.4) is 0 Å². The Bertz CT molecular complexity index is 679. The van der Waals surface area contributed by atoms with E-state index in [1.165, 1.54) is 18.2 Å². The lowest BCUT2D eigenvalue weighted by atomic mass is 10.1. The molecular weight excluding hydrogens is 266 g/mol. The molecule has 0 atom stereocenters. The van der Waals surface area contributed by atoms with Crippen LogP contribution in [0.15, 0.2) is 54.6 Å². The SMILES string of the molecule is N#CCOc1ccc(/C=C/C(=O)c2ccc(O)cc2)cc1. The lowest BCUT2D eigenvalue weighted by molar-refractivity contribution is 0.104. The average molecular weight is 279 g/mol. The zero-order valence-electron chi connectivity index (χ0n) is 11.2. The topological polar surface area (TPSA) is 70.3 Å². The molecular formula is C17H13NO3. The normalized spacial score (nSPS) is 10.2. The highest BCUT2D eigenvalue weighted by Crippen LogP contribution is 2.14. The largest absolute Gasteiger partial charge is 0.508 e. The van der Waals surface area contributed by atoms with Crippen molar-refractivity contribution in [2.24, 2.45) is 0 Å². The second-order valence-electron chi connectivity index (χ2n) is 4.26.